The van der Waals surface area contributed by atoms with E-state index in [4.69, 9.17) is 4.74 Å². The van der Waals surface area contributed by atoms with Crippen molar-refractivity contribution >= 4 is 23.1 Å². The molecule has 4 nitrogen and oxygen atoms in total. The third-order valence-corrected chi connectivity index (χ3v) is 5.15. The minimum absolute atomic E-state index is 0.182. The highest BCUT2D eigenvalue weighted by molar-refractivity contribution is 7.10. The smallest absolute Gasteiger partial charge is 0.327 e. The van der Waals surface area contributed by atoms with Crippen LogP contribution in [0, 0.1) is 22.7 Å². The molecule has 1 aromatic carbocycles. The molecule has 1 heterocycles. The van der Waals surface area contributed by atoms with Gasteiger partial charge in [0.25, 0.3) is 0 Å². The van der Waals surface area contributed by atoms with Gasteiger partial charge in [0.2, 0.25) is 0 Å². The SMILES string of the molecule is CCOC(=O)[C@@]1(C#N)[C@H](C(=O)c2ccccc2)[C@H]1c1cccs1. The first-order chi connectivity index (χ1) is 11.2. The van der Waals surface area contributed by atoms with Gasteiger partial charge in [-0.25, -0.2) is 0 Å². The van der Waals surface area contributed by atoms with Crippen molar-refractivity contribution in [3.05, 3.63) is 58.3 Å². The van der Waals surface area contributed by atoms with Crippen LogP contribution in [0.15, 0.2) is 47.8 Å². The number of esters is 1. The number of carbonyl (C=O) groups is 2. The van der Waals surface area contributed by atoms with Crippen LogP contribution in [-0.2, 0) is 9.53 Å². The minimum Gasteiger partial charge on any atom is -0.465 e. The Balaban J connectivity index is 2.01. The Bertz CT molecular complexity index is 763. The molecular weight excluding hydrogens is 310 g/mol. The van der Waals surface area contributed by atoms with E-state index in [1.165, 1.54) is 11.3 Å². The number of ether oxygens (including phenoxy) is 1. The summed E-state index contributed by atoms with van der Waals surface area (Å²) in [5.41, 5.74) is -0.895. The largest absolute Gasteiger partial charge is 0.465 e. The van der Waals surface area contributed by atoms with Crippen LogP contribution in [0.5, 0.6) is 0 Å². The number of hydrogen-bond donors (Lipinski definition) is 0. The molecule has 3 rings (SSSR count). The Hall–Kier alpha value is -2.45. The molecule has 0 N–H and O–H groups in total. The zero-order valence-electron chi connectivity index (χ0n) is 12.6. The molecule has 1 aliphatic carbocycles. The van der Waals surface area contributed by atoms with Gasteiger partial charge in [-0.1, -0.05) is 36.4 Å². The molecule has 0 bridgehead atoms. The van der Waals surface area contributed by atoms with Gasteiger partial charge >= 0.3 is 5.97 Å². The number of nitriles is 1. The molecule has 5 heteroatoms. The van der Waals surface area contributed by atoms with Crippen LogP contribution in [0.4, 0.5) is 0 Å². The lowest BCUT2D eigenvalue weighted by atomic mass is 9.99. The Morgan fingerprint density at radius 1 is 1.26 bits per heavy atom. The maximum Gasteiger partial charge on any atom is 0.327 e. The van der Waals surface area contributed by atoms with E-state index in [0.717, 1.165) is 4.88 Å². The highest BCUT2D eigenvalue weighted by atomic mass is 32.1. The van der Waals surface area contributed by atoms with E-state index in [1.54, 1.807) is 31.2 Å². The summed E-state index contributed by atoms with van der Waals surface area (Å²) in [6, 6.07) is 14.6. The van der Waals surface area contributed by atoms with Gasteiger partial charge < -0.3 is 4.74 Å². The molecule has 0 aliphatic heterocycles. The first-order valence-corrected chi connectivity index (χ1v) is 8.26. The zero-order valence-corrected chi connectivity index (χ0v) is 13.4. The van der Waals surface area contributed by atoms with Crippen LogP contribution in [0.25, 0.3) is 0 Å². The van der Waals surface area contributed by atoms with Crippen molar-refractivity contribution in [1.29, 1.82) is 5.26 Å². The van der Waals surface area contributed by atoms with E-state index in [0.29, 0.717) is 5.56 Å². The molecule has 1 aromatic heterocycles. The third kappa shape index (κ3) is 2.36. The fourth-order valence-electron chi connectivity index (χ4n) is 3.07. The quantitative estimate of drug-likeness (QED) is 0.624. The van der Waals surface area contributed by atoms with Crippen LogP contribution in [0.1, 0.15) is 28.1 Å². The monoisotopic (exact) mass is 325 g/mol. The fourth-order valence-corrected chi connectivity index (χ4v) is 4.01. The molecule has 1 fully saturated rings. The van der Waals surface area contributed by atoms with E-state index in [-0.39, 0.29) is 12.4 Å². The number of nitrogens with zero attached hydrogens (tertiary/aromatic N) is 1. The number of hydrogen-bond acceptors (Lipinski definition) is 5. The molecule has 0 amide bonds. The Labute approximate surface area is 138 Å². The molecular formula is C18H15NO3S. The normalized spacial score (nSPS) is 25.4. The summed E-state index contributed by atoms with van der Waals surface area (Å²) < 4.78 is 5.10. The fraction of sp³-hybridized carbons (Fsp3) is 0.278. The number of benzene rings is 1. The van der Waals surface area contributed by atoms with Gasteiger partial charge in [-0.05, 0) is 18.4 Å². The second kappa shape index (κ2) is 5.98. The van der Waals surface area contributed by atoms with E-state index in [2.05, 4.69) is 6.07 Å². The molecule has 3 atom stereocenters. The third-order valence-electron chi connectivity index (χ3n) is 4.19. The molecule has 0 spiro atoms. The van der Waals surface area contributed by atoms with Crippen LogP contribution in [-0.4, -0.2) is 18.4 Å². The Kier molecular flexibility index (Phi) is 4.01. The maximum absolute atomic E-state index is 12.8. The van der Waals surface area contributed by atoms with Gasteiger partial charge in [0, 0.05) is 16.4 Å². The van der Waals surface area contributed by atoms with Crippen molar-refractivity contribution in [2.75, 3.05) is 6.61 Å². The summed E-state index contributed by atoms with van der Waals surface area (Å²) >= 11 is 1.45. The van der Waals surface area contributed by atoms with Gasteiger partial charge in [0.1, 0.15) is 0 Å². The van der Waals surface area contributed by atoms with Gasteiger partial charge in [-0.2, -0.15) is 5.26 Å². The Morgan fingerprint density at radius 3 is 2.57 bits per heavy atom. The van der Waals surface area contributed by atoms with E-state index < -0.39 is 23.2 Å². The van der Waals surface area contributed by atoms with Gasteiger partial charge in [0.05, 0.1) is 18.6 Å². The lowest BCUT2D eigenvalue weighted by molar-refractivity contribution is -0.147. The average Bonchev–Trinajstić information content (AvgIpc) is 2.97. The first-order valence-electron chi connectivity index (χ1n) is 7.38. The minimum atomic E-state index is -1.41. The Morgan fingerprint density at radius 2 is 2.00 bits per heavy atom. The average molecular weight is 325 g/mol. The summed E-state index contributed by atoms with van der Waals surface area (Å²) in [4.78, 5) is 26.1. The molecule has 116 valence electrons. The molecule has 23 heavy (non-hydrogen) atoms. The number of ketones is 1. The first kappa shape index (κ1) is 15.4. The van der Waals surface area contributed by atoms with Crippen LogP contribution in [0.3, 0.4) is 0 Å². The summed E-state index contributed by atoms with van der Waals surface area (Å²) in [5, 5.41) is 11.6. The molecule has 0 unspecified atom stereocenters. The van der Waals surface area contributed by atoms with Crippen LogP contribution >= 0.6 is 11.3 Å². The van der Waals surface area contributed by atoms with E-state index >= 15 is 0 Å². The molecule has 0 radical (unpaired) electrons. The van der Waals surface area contributed by atoms with Gasteiger partial charge in [-0.3, -0.25) is 9.59 Å². The highest BCUT2D eigenvalue weighted by Gasteiger charge is 2.75. The predicted molar refractivity (Wildman–Crippen MR) is 86.0 cm³/mol. The highest BCUT2D eigenvalue weighted by Crippen LogP contribution is 2.67. The zero-order chi connectivity index (χ0) is 16.4. The number of rotatable bonds is 5. The number of thiophene rings is 1. The second-order valence-corrected chi connectivity index (χ2v) is 6.38. The standard InChI is InChI=1S/C18H15NO3S/c1-2-22-17(21)18(11-19)14(13-9-6-10-23-13)15(18)16(20)12-7-4-3-5-8-12/h3-10,14-15H,2H2,1H3/t14-,15+,18-/m1/s1. The van der Waals surface area contributed by atoms with Gasteiger partial charge in [-0.15, -0.1) is 11.3 Å². The van der Waals surface area contributed by atoms with Crippen molar-refractivity contribution < 1.29 is 14.3 Å². The summed E-state index contributed by atoms with van der Waals surface area (Å²) in [6.45, 7) is 1.88. The van der Waals surface area contributed by atoms with Crippen molar-refractivity contribution in [3.8, 4) is 6.07 Å². The molecule has 2 aromatic rings. The topological polar surface area (TPSA) is 67.2 Å². The van der Waals surface area contributed by atoms with Gasteiger partial charge in [0.15, 0.2) is 11.2 Å². The van der Waals surface area contributed by atoms with Crippen molar-refractivity contribution in [3.63, 3.8) is 0 Å². The molecule has 1 aliphatic rings. The maximum atomic E-state index is 12.8. The lowest BCUT2D eigenvalue weighted by Gasteiger charge is -2.07. The molecule has 1 saturated carbocycles. The molecule has 0 saturated heterocycles. The van der Waals surface area contributed by atoms with Crippen LogP contribution < -0.4 is 0 Å². The van der Waals surface area contributed by atoms with E-state index in [1.807, 2.05) is 23.6 Å². The number of Topliss-reactive ketones (excluding diaryl/α,β-unsaturated/α-hetero) is 1. The predicted octanol–water partition coefficient (Wildman–Crippen LogP) is 3.42. The van der Waals surface area contributed by atoms with Crippen molar-refractivity contribution in [2.45, 2.75) is 12.8 Å². The summed E-state index contributed by atoms with van der Waals surface area (Å²) in [6.07, 6.45) is 0. The van der Waals surface area contributed by atoms with Crippen LogP contribution in [0.2, 0.25) is 0 Å². The number of carbonyl (C=O) groups excluding carboxylic acids is 2. The summed E-state index contributed by atoms with van der Waals surface area (Å²) in [5.74, 6) is -1.90. The van der Waals surface area contributed by atoms with Crippen molar-refractivity contribution in [2.24, 2.45) is 11.3 Å². The van der Waals surface area contributed by atoms with E-state index in [9.17, 15) is 14.9 Å². The second-order valence-electron chi connectivity index (χ2n) is 5.40. The van der Waals surface area contributed by atoms with Crippen molar-refractivity contribution in [1.82, 2.24) is 0 Å². The lowest BCUT2D eigenvalue weighted by Crippen LogP contribution is -2.23. The summed E-state index contributed by atoms with van der Waals surface area (Å²) in [7, 11) is 0.